The maximum Gasteiger partial charge on any atom is 0.342 e. The lowest BCUT2D eigenvalue weighted by Gasteiger charge is -2.05. The first-order chi connectivity index (χ1) is 9.45. The summed E-state index contributed by atoms with van der Waals surface area (Å²) in [5, 5.41) is 9.63. The molecule has 0 bridgehead atoms. The summed E-state index contributed by atoms with van der Waals surface area (Å²) in [6, 6.07) is 1.60. The predicted molar refractivity (Wildman–Crippen MR) is 68.6 cm³/mol. The molecular formula is C11H14N4O4S. The Labute approximate surface area is 115 Å². The highest BCUT2D eigenvalue weighted by atomic mass is 32.2. The van der Waals surface area contributed by atoms with Gasteiger partial charge >= 0.3 is 5.97 Å². The molecule has 20 heavy (non-hydrogen) atoms. The van der Waals surface area contributed by atoms with E-state index in [1.54, 1.807) is 20.0 Å². The number of aryl methyl sites for hydroxylation is 1. The minimum Gasteiger partial charge on any atom is -0.462 e. The van der Waals surface area contributed by atoms with Crippen LogP contribution in [0.25, 0.3) is 0 Å². The number of carbonyl (C=O) groups excluding carboxylic acids is 1. The molecule has 9 heteroatoms. The van der Waals surface area contributed by atoms with Gasteiger partial charge in [-0.3, -0.25) is 9.78 Å². The summed E-state index contributed by atoms with van der Waals surface area (Å²) in [4.78, 5) is 11.7. The molecule has 0 atom stereocenters. The Balaban J connectivity index is 2.33. The second-order valence-corrected chi connectivity index (χ2v) is 5.96. The van der Waals surface area contributed by atoms with Crippen molar-refractivity contribution in [3.05, 3.63) is 29.7 Å². The number of nitrogens with zero attached hydrogens (tertiary/aromatic N) is 3. The average Bonchev–Trinajstić information content (AvgIpc) is 2.99. The zero-order chi connectivity index (χ0) is 14.8. The molecule has 0 aliphatic rings. The summed E-state index contributed by atoms with van der Waals surface area (Å²) in [5.41, 5.74) is 0.420. The third-order valence-corrected chi connectivity index (χ3v) is 4.28. The van der Waals surface area contributed by atoms with E-state index in [0.717, 1.165) is 6.20 Å². The highest BCUT2D eigenvalue weighted by Gasteiger charge is 2.27. The Morgan fingerprint density at radius 3 is 2.85 bits per heavy atom. The lowest BCUT2D eigenvalue weighted by atomic mass is 10.4. The molecule has 0 saturated carbocycles. The zero-order valence-electron chi connectivity index (χ0n) is 11.0. The first kappa shape index (κ1) is 14.3. The quantitative estimate of drug-likeness (QED) is 0.795. The van der Waals surface area contributed by atoms with Gasteiger partial charge in [-0.05, 0) is 13.0 Å². The number of sulfone groups is 1. The summed E-state index contributed by atoms with van der Waals surface area (Å²) in [6.07, 6.45) is 2.65. The molecule has 0 saturated heterocycles. The number of aromatic amines is 1. The number of H-pyrrole nitrogens is 1. The summed E-state index contributed by atoms with van der Waals surface area (Å²) in [6.45, 7) is 1.80. The number of hydrogen-bond donors (Lipinski definition) is 1. The molecule has 1 N–H and O–H groups in total. The van der Waals surface area contributed by atoms with Crippen molar-refractivity contribution in [1.82, 2.24) is 20.0 Å². The van der Waals surface area contributed by atoms with Crippen LogP contribution in [0.2, 0.25) is 0 Å². The van der Waals surface area contributed by atoms with Gasteiger partial charge in [0.2, 0.25) is 9.84 Å². The minimum absolute atomic E-state index is 0.0889. The van der Waals surface area contributed by atoms with Gasteiger partial charge in [-0.2, -0.15) is 10.2 Å². The number of esters is 1. The van der Waals surface area contributed by atoms with Crippen molar-refractivity contribution < 1.29 is 17.9 Å². The largest absolute Gasteiger partial charge is 0.462 e. The van der Waals surface area contributed by atoms with Gasteiger partial charge in [0.05, 0.1) is 24.3 Å². The summed E-state index contributed by atoms with van der Waals surface area (Å²) >= 11 is 0. The highest BCUT2D eigenvalue weighted by Crippen LogP contribution is 2.18. The number of nitrogens with one attached hydrogen (secondary N) is 1. The number of hydrogen-bond acceptors (Lipinski definition) is 6. The van der Waals surface area contributed by atoms with Crippen LogP contribution in [0.1, 0.15) is 23.0 Å². The molecule has 108 valence electrons. The number of rotatable bonds is 5. The van der Waals surface area contributed by atoms with Crippen LogP contribution in [0.3, 0.4) is 0 Å². The first-order valence-corrected chi connectivity index (χ1v) is 7.51. The van der Waals surface area contributed by atoms with Crippen molar-refractivity contribution in [2.24, 2.45) is 7.05 Å². The second-order valence-electron chi connectivity index (χ2n) is 4.04. The highest BCUT2D eigenvalue weighted by molar-refractivity contribution is 7.90. The van der Waals surface area contributed by atoms with E-state index in [1.165, 1.54) is 10.9 Å². The third kappa shape index (κ3) is 2.72. The predicted octanol–water partition coefficient (Wildman–Crippen LogP) is 0.294. The second kappa shape index (κ2) is 5.45. The van der Waals surface area contributed by atoms with Crippen LogP contribution in [0.15, 0.2) is 23.5 Å². The van der Waals surface area contributed by atoms with Crippen LogP contribution < -0.4 is 0 Å². The molecule has 2 aromatic heterocycles. The zero-order valence-corrected chi connectivity index (χ0v) is 11.8. The Kier molecular flexibility index (Phi) is 3.89. The van der Waals surface area contributed by atoms with Crippen molar-refractivity contribution in [3.8, 4) is 0 Å². The van der Waals surface area contributed by atoms with Gasteiger partial charge in [0.1, 0.15) is 5.56 Å². The number of carbonyl (C=O) groups is 1. The van der Waals surface area contributed by atoms with Crippen LogP contribution >= 0.6 is 0 Å². The SMILES string of the molecule is CCOC(=O)c1cn[nH]c1S(=O)(=O)Cc1ccnn1C. The standard InChI is InChI=1S/C11H14N4O4S/c1-3-19-11(16)9-6-12-14-10(9)20(17,18)7-8-4-5-13-15(8)2/h4-6H,3,7H2,1-2H3,(H,12,14). The van der Waals surface area contributed by atoms with Crippen molar-refractivity contribution in [1.29, 1.82) is 0 Å². The smallest absolute Gasteiger partial charge is 0.342 e. The van der Waals surface area contributed by atoms with Crippen LogP contribution in [0.4, 0.5) is 0 Å². The van der Waals surface area contributed by atoms with E-state index in [2.05, 4.69) is 15.3 Å². The average molecular weight is 298 g/mol. The Morgan fingerprint density at radius 1 is 1.50 bits per heavy atom. The van der Waals surface area contributed by atoms with Gasteiger partial charge in [-0.25, -0.2) is 13.2 Å². The van der Waals surface area contributed by atoms with Gasteiger partial charge in [0.25, 0.3) is 0 Å². The van der Waals surface area contributed by atoms with Crippen LogP contribution in [-0.2, 0) is 27.4 Å². The molecule has 2 rings (SSSR count). The van der Waals surface area contributed by atoms with Crippen molar-refractivity contribution in [2.75, 3.05) is 6.61 Å². The van der Waals surface area contributed by atoms with Gasteiger partial charge < -0.3 is 4.74 Å². The third-order valence-electron chi connectivity index (χ3n) is 2.67. The fourth-order valence-corrected chi connectivity index (χ4v) is 3.16. The summed E-state index contributed by atoms with van der Waals surface area (Å²) in [5.74, 6) is -0.997. The molecule has 0 aliphatic heterocycles. The fourth-order valence-electron chi connectivity index (χ4n) is 1.68. The van der Waals surface area contributed by atoms with Gasteiger partial charge in [-0.15, -0.1) is 0 Å². The van der Waals surface area contributed by atoms with E-state index in [9.17, 15) is 13.2 Å². The summed E-state index contributed by atoms with van der Waals surface area (Å²) in [7, 11) is -2.09. The Morgan fingerprint density at radius 2 is 2.25 bits per heavy atom. The number of aromatic nitrogens is 4. The van der Waals surface area contributed by atoms with E-state index < -0.39 is 15.8 Å². The Hall–Kier alpha value is -2.16. The van der Waals surface area contributed by atoms with E-state index in [0.29, 0.717) is 5.69 Å². The fraction of sp³-hybridized carbons (Fsp3) is 0.364. The molecule has 8 nitrogen and oxygen atoms in total. The molecule has 2 aromatic rings. The van der Waals surface area contributed by atoms with Crippen molar-refractivity contribution in [3.63, 3.8) is 0 Å². The van der Waals surface area contributed by atoms with Crippen molar-refractivity contribution >= 4 is 15.8 Å². The van der Waals surface area contributed by atoms with Gasteiger partial charge in [0.15, 0.2) is 5.03 Å². The van der Waals surface area contributed by atoms with Crippen LogP contribution in [0, 0.1) is 0 Å². The molecule has 0 spiro atoms. The normalized spacial score (nSPS) is 11.5. The van der Waals surface area contributed by atoms with E-state index >= 15 is 0 Å². The Bertz CT molecular complexity index is 716. The molecule has 0 radical (unpaired) electrons. The van der Waals surface area contributed by atoms with Crippen LogP contribution in [-0.4, -0.2) is 41.0 Å². The van der Waals surface area contributed by atoms with Crippen molar-refractivity contribution in [2.45, 2.75) is 17.7 Å². The van der Waals surface area contributed by atoms with Gasteiger partial charge in [0, 0.05) is 13.2 Å². The maximum atomic E-state index is 12.3. The first-order valence-electron chi connectivity index (χ1n) is 5.86. The van der Waals surface area contributed by atoms with Crippen LogP contribution in [0.5, 0.6) is 0 Å². The van der Waals surface area contributed by atoms with Gasteiger partial charge in [-0.1, -0.05) is 0 Å². The molecule has 0 unspecified atom stereocenters. The molecule has 0 aliphatic carbocycles. The monoisotopic (exact) mass is 298 g/mol. The van der Waals surface area contributed by atoms with E-state index in [4.69, 9.17) is 4.74 Å². The number of ether oxygens (including phenoxy) is 1. The lowest BCUT2D eigenvalue weighted by Crippen LogP contribution is -2.14. The molecule has 0 amide bonds. The topological polar surface area (TPSA) is 107 Å². The minimum atomic E-state index is -3.74. The molecule has 2 heterocycles. The molecular weight excluding hydrogens is 284 g/mol. The summed E-state index contributed by atoms with van der Waals surface area (Å²) < 4.78 is 30.9. The lowest BCUT2D eigenvalue weighted by molar-refractivity contribution is 0.0522. The van der Waals surface area contributed by atoms with E-state index in [1.807, 2.05) is 0 Å². The molecule has 0 aromatic carbocycles. The molecule has 0 fully saturated rings. The maximum absolute atomic E-state index is 12.3. The van der Waals surface area contributed by atoms with E-state index in [-0.39, 0.29) is 22.9 Å².